The molecular formula is C13H21N3O2S. The molecule has 0 bridgehead atoms. The molecule has 1 atom stereocenters. The number of rotatable bonds is 3. The fourth-order valence-corrected chi connectivity index (χ4v) is 3.39. The Morgan fingerprint density at radius 1 is 1.37 bits per heavy atom. The number of sulfonamides is 1. The van der Waals surface area contributed by atoms with Gasteiger partial charge in [0.25, 0.3) is 0 Å². The lowest BCUT2D eigenvalue weighted by molar-refractivity contribution is 0.521. The van der Waals surface area contributed by atoms with Gasteiger partial charge in [-0.05, 0) is 38.0 Å². The van der Waals surface area contributed by atoms with Crippen molar-refractivity contribution in [2.75, 3.05) is 31.3 Å². The summed E-state index contributed by atoms with van der Waals surface area (Å²) in [5.41, 5.74) is 7.49. The first kappa shape index (κ1) is 14.1. The molecule has 0 amide bonds. The second kappa shape index (κ2) is 5.02. The summed E-state index contributed by atoms with van der Waals surface area (Å²) >= 11 is 0. The quantitative estimate of drug-likeness (QED) is 0.854. The summed E-state index contributed by atoms with van der Waals surface area (Å²) in [6.45, 7) is 3.14. The van der Waals surface area contributed by atoms with Crippen LogP contribution >= 0.6 is 0 Å². The van der Waals surface area contributed by atoms with E-state index in [0.29, 0.717) is 11.7 Å². The van der Waals surface area contributed by atoms with Crippen LogP contribution in [0.15, 0.2) is 23.1 Å². The van der Waals surface area contributed by atoms with Gasteiger partial charge in [0.15, 0.2) is 0 Å². The van der Waals surface area contributed by atoms with Gasteiger partial charge in [-0.1, -0.05) is 0 Å². The highest BCUT2D eigenvalue weighted by molar-refractivity contribution is 7.89. The van der Waals surface area contributed by atoms with Crippen LogP contribution in [0.3, 0.4) is 0 Å². The van der Waals surface area contributed by atoms with Crippen molar-refractivity contribution in [3.05, 3.63) is 18.2 Å². The zero-order valence-corrected chi connectivity index (χ0v) is 12.4. The Hall–Kier alpha value is -1.27. The number of benzene rings is 1. The minimum absolute atomic E-state index is 0.241. The lowest BCUT2D eigenvalue weighted by Gasteiger charge is -2.25. The van der Waals surface area contributed by atoms with Crippen LogP contribution in [-0.4, -0.2) is 39.4 Å². The van der Waals surface area contributed by atoms with Crippen molar-refractivity contribution in [1.82, 2.24) is 4.31 Å². The van der Waals surface area contributed by atoms with Gasteiger partial charge in [-0.2, -0.15) is 0 Å². The van der Waals surface area contributed by atoms with Crippen LogP contribution in [-0.2, 0) is 10.0 Å². The predicted octanol–water partition coefficient (Wildman–Crippen LogP) is 1.51. The van der Waals surface area contributed by atoms with E-state index in [1.54, 1.807) is 12.1 Å². The van der Waals surface area contributed by atoms with Crippen molar-refractivity contribution in [2.45, 2.75) is 30.7 Å². The van der Waals surface area contributed by atoms with Gasteiger partial charge in [-0.3, -0.25) is 0 Å². The molecule has 2 rings (SSSR count). The second-order valence-electron chi connectivity index (χ2n) is 5.19. The van der Waals surface area contributed by atoms with E-state index in [9.17, 15) is 8.42 Å². The highest BCUT2D eigenvalue weighted by Gasteiger charge is 2.24. The molecule has 0 aromatic heterocycles. The molecule has 1 unspecified atom stereocenters. The number of hydrogen-bond acceptors (Lipinski definition) is 4. The van der Waals surface area contributed by atoms with Gasteiger partial charge in [0.2, 0.25) is 10.0 Å². The molecule has 1 aliphatic heterocycles. The van der Waals surface area contributed by atoms with Crippen LogP contribution in [0.5, 0.6) is 0 Å². The average Bonchev–Trinajstić information content (AvgIpc) is 2.75. The van der Waals surface area contributed by atoms with Gasteiger partial charge < -0.3 is 10.6 Å². The van der Waals surface area contributed by atoms with E-state index >= 15 is 0 Å². The Morgan fingerprint density at radius 2 is 2.05 bits per heavy atom. The molecule has 1 saturated heterocycles. The molecular weight excluding hydrogens is 262 g/mol. The van der Waals surface area contributed by atoms with E-state index in [1.165, 1.54) is 18.4 Å². The zero-order valence-electron chi connectivity index (χ0n) is 11.6. The molecule has 1 aromatic rings. The maximum absolute atomic E-state index is 12.0. The van der Waals surface area contributed by atoms with Gasteiger partial charge in [-0.25, -0.2) is 12.7 Å². The lowest BCUT2D eigenvalue weighted by Crippen LogP contribution is -2.27. The van der Waals surface area contributed by atoms with Crippen LogP contribution in [0.2, 0.25) is 0 Å². The van der Waals surface area contributed by atoms with Gasteiger partial charge in [0.05, 0.1) is 16.3 Å². The molecule has 1 heterocycles. The monoisotopic (exact) mass is 283 g/mol. The van der Waals surface area contributed by atoms with Gasteiger partial charge in [0.1, 0.15) is 0 Å². The Balaban J connectivity index is 2.38. The van der Waals surface area contributed by atoms with Crippen LogP contribution in [0.4, 0.5) is 11.4 Å². The van der Waals surface area contributed by atoms with Crippen LogP contribution < -0.4 is 10.6 Å². The van der Waals surface area contributed by atoms with E-state index in [-0.39, 0.29) is 4.90 Å². The van der Waals surface area contributed by atoms with Gasteiger partial charge in [-0.15, -0.1) is 0 Å². The SMILES string of the molecule is CC1CCCN1c1ccc(S(=O)(=O)N(C)C)cc1N. The molecule has 19 heavy (non-hydrogen) atoms. The highest BCUT2D eigenvalue weighted by Crippen LogP contribution is 2.32. The summed E-state index contributed by atoms with van der Waals surface area (Å²) in [6, 6.07) is 5.45. The summed E-state index contributed by atoms with van der Waals surface area (Å²) in [5, 5.41) is 0. The number of hydrogen-bond donors (Lipinski definition) is 1. The third-order valence-electron chi connectivity index (χ3n) is 3.64. The standard InChI is InChI=1S/C13H21N3O2S/c1-10-5-4-8-16(10)13-7-6-11(9-12(13)14)19(17,18)15(2)3/h6-7,9-10H,4-5,8,14H2,1-3H3. The lowest BCUT2D eigenvalue weighted by atomic mass is 10.2. The Bertz CT molecular complexity index is 569. The number of nitrogens with zero attached hydrogens (tertiary/aromatic N) is 2. The van der Waals surface area contributed by atoms with E-state index in [2.05, 4.69) is 11.8 Å². The minimum atomic E-state index is -3.42. The molecule has 0 spiro atoms. The molecule has 2 N–H and O–H groups in total. The minimum Gasteiger partial charge on any atom is -0.397 e. The van der Waals surface area contributed by atoms with Crippen molar-refractivity contribution in [3.63, 3.8) is 0 Å². The van der Waals surface area contributed by atoms with E-state index < -0.39 is 10.0 Å². The predicted molar refractivity (Wildman–Crippen MR) is 77.8 cm³/mol. The van der Waals surface area contributed by atoms with E-state index in [0.717, 1.165) is 25.1 Å². The van der Waals surface area contributed by atoms with Crippen molar-refractivity contribution in [2.24, 2.45) is 0 Å². The van der Waals surface area contributed by atoms with Gasteiger partial charge >= 0.3 is 0 Å². The average molecular weight is 283 g/mol. The molecule has 6 heteroatoms. The molecule has 0 saturated carbocycles. The zero-order chi connectivity index (χ0) is 14.2. The van der Waals surface area contributed by atoms with Crippen molar-refractivity contribution in [1.29, 1.82) is 0 Å². The topological polar surface area (TPSA) is 66.6 Å². The largest absolute Gasteiger partial charge is 0.397 e. The maximum atomic E-state index is 12.0. The van der Waals surface area contributed by atoms with Gasteiger partial charge in [0, 0.05) is 26.7 Å². The first-order chi connectivity index (χ1) is 8.84. The molecule has 0 radical (unpaired) electrons. The van der Waals surface area contributed by atoms with Crippen LogP contribution in [0, 0.1) is 0 Å². The first-order valence-corrected chi connectivity index (χ1v) is 7.86. The summed E-state index contributed by atoms with van der Waals surface area (Å²) in [5.74, 6) is 0. The van der Waals surface area contributed by atoms with Crippen LogP contribution in [0.1, 0.15) is 19.8 Å². The summed E-state index contributed by atoms with van der Waals surface area (Å²) in [4.78, 5) is 2.48. The van der Waals surface area contributed by atoms with Crippen molar-refractivity contribution < 1.29 is 8.42 Å². The Labute approximate surface area is 115 Å². The number of nitrogen functional groups attached to an aromatic ring is 1. The molecule has 5 nitrogen and oxygen atoms in total. The van der Waals surface area contributed by atoms with Crippen molar-refractivity contribution in [3.8, 4) is 0 Å². The first-order valence-electron chi connectivity index (χ1n) is 6.42. The number of nitrogens with two attached hydrogens (primary N) is 1. The number of anilines is 2. The highest BCUT2D eigenvalue weighted by atomic mass is 32.2. The molecule has 0 aliphatic carbocycles. The van der Waals surface area contributed by atoms with Crippen LogP contribution in [0.25, 0.3) is 0 Å². The molecule has 1 fully saturated rings. The summed E-state index contributed by atoms with van der Waals surface area (Å²) in [6.07, 6.45) is 2.30. The summed E-state index contributed by atoms with van der Waals surface area (Å²) < 4.78 is 25.3. The third-order valence-corrected chi connectivity index (χ3v) is 5.45. The Kier molecular flexibility index (Phi) is 3.73. The normalized spacial score (nSPS) is 20.2. The molecule has 1 aliphatic rings. The second-order valence-corrected chi connectivity index (χ2v) is 7.34. The van der Waals surface area contributed by atoms with Crippen molar-refractivity contribution >= 4 is 21.4 Å². The van der Waals surface area contributed by atoms with E-state index in [1.807, 2.05) is 6.07 Å². The summed E-state index contributed by atoms with van der Waals surface area (Å²) in [7, 11) is -0.387. The Morgan fingerprint density at radius 3 is 2.53 bits per heavy atom. The third kappa shape index (κ3) is 2.55. The smallest absolute Gasteiger partial charge is 0.242 e. The molecule has 1 aromatic carbocycles. The van der Waals surface area contributed by atoms with E-state index in [4.69, 9.17) is 5.73 Å². The fraction of sp³-hybridized carbons (Fsp3) is 0.538. The maximum Gasteiger partial charge on any atom is 0.242 e. The fourth-order valence-electron chi connectivity index (χ4n) is 2.46. The molecule has 106 valence electrons.